The van der Waals surface area contributed by atoms with Gasteiger partial charge in [0.1, 0.15) is 6.29 Å². The van der Waals surface area contributed by atoms with Crippen LogP contribution in [0.15, 0.2) is 0 Å². The van der Waals surface area contributed by atoms with Gasteiger partial charge in [-0.05, 0) is 38.5 Å². The molecule has 0 aromatic carbocycles. The Labute approximate surface area is 130 Å². The summed E-state index contributed by atoms with van der Waals surface area (Å²) in [6.45, 7) is 1.08. The summed E-state index contributed by atoms with van der Waals surface area (Å²) in [6.07, 6.45) is 20.1. The van der Waals surface area contributed by atoms with Crippen molar-refractivity contribution < 1.29 is 4.79 Å². The Morgan fingerprint density at radius 2 is 1.24 bits per heavy atom. The SMILES string of the molecule is O=CC1(CN(C2CCCCC2)C2CCCCC2)CCCC1. The molecule has 0 bridgehead atoms. The predicted octanol–water partition coefficient (Wildman–Crippen LogP) is 4.71. The van der Waals surface area contributed by atoms with Crippen LogP contribution in [-0.2, 0) is 4.79 Å². The van der Waals surface area contributed by atoms with Crippen LogP contribution in [0.2, 0.25) is 0 Å². The Hall–Kier alpha value is -0.370. The Balaban J connectivity index is 1.72. The highest BCUT2D eigenvalue weighted by Crippen LogP contribution is 2.40. The van der Waals surface area contributed by atoms with Gasteiger partial charge in [0.2, 0.25) is 0 Å². The third-order valence-corrected chi connectivity index (χ3v) is 6.43. The van der Waals surface area contributed by atoms with Crippen LogP contribution in [0.25, 0.3) is 0 Å². The molecule has 3 saturated carbocycles. The summed E-state index contributed by atoms with van der Waals surface area (Å²) in [5.41, 5.74) is 0.00882. The lowest BCUT2D eigenvalue weighted by Gasteiger charge is -2.45. The summed E-state index contributed by atoms with van der Waals surface area (Å²) in [6, 6.07) is 1.55. The number of nitrogens with zero attached hydrogens (tertiary/aromatic N) is 1. The fourth-order valence-corrected chi connectivity index (χ4v) is 5.14. The van der Waals surface area contributed by atoms with Crippen molar-refractivity contribution in [3.63, 3.8) is 0 Å². The second-order valence-corrected chi connectivity index (χ2v) is 7.94. The van der Waals surface area contributed by atoms with Gasteiger partial charge in [-0.15, -0.1) is 0 Å². The van der Waals surface area contributed by atoms with Crippen LogP contribution >= 0.6 is 0 Å². The van der Waals surface area contributed by atoms with Crippen LogP contribution in [0.4, 0.5) is 0 Å². The van der Waals surface area contributed by atoms with E-state index in [4.69, 9.17) is 0 Å². The van der Waals surface area contributed by atoms with E-state index in [1.807, 2.05) is 0 Å². The first kappa shape index (κ1) is 15.5. The number of hydrogen-bond acceptors (Lipinski definition) is 2. The van der Waals surface area contributed by atoms with E-state index >= 15 is 0 Å². The van der Waals surface area contributed by atoms with Gasteiger partial charge in [-0.2, -0.15) is 0 Å². The molecule has 0 unspecified atom stereocenters. The van der Waals surface area contributed by atoms with Crippen LogP contribution in [0.3, 0.4) is 0 Å². The first-order valence-electron chi connectivity index (χ1n) is 9.55. The number of hydrogen-bond donors (Lipinski definition) is 0. The molecule has 0 aromatic rings. The summed E-state index contributed by atoms with van der Waals surface area (Å²) in [5, 5.41) is 0. The summed E-state index contributed by atoms with van der Waals surface area (Å²) in [4.78, 5) is 14.6. The van der Waals surface area contributed by atoms with E-state index in [-0.39, 0.29) is 5.41 Å². The largest absolute Gasteiger partial charge is 0.303 e. The maximum Gasteiger partial charge on any atom is 0.127 e. The molecule has 0 radical (unpaired) electrons. The van der Waals surface area contributed by atoms with E-state index in [1.165, 1.54) is 83.3 Å². The molecule has 0 spiro atoms. The van der Waals surface area contributed by atoms with Gasteiger partial charge in [-0.25, -0.2) is 0 Å². The average Bonchev–Trinajstić information content (AvgIpc) is 3.04. The molecule has 3 aliphatic rings. The Morgan fingerprint density at radius 3 is 1.67 bits per heavy atom. The van der Waals surface area contributed by atoms with Crippen molar-refractivity contribution in [2.75, 3.05) is 6.54 Å². The molecule has 2 heteroatoms. The van der Waals surface area contributed by atoms with Crippen molar-refractivity contribution in [1.82, 2.24) is 4.90 Å². The van der Waals surface area contributed by atoms with Gasteiger partial charge in [0, 0.05) is 24.0 Å². The molecule has 3 aliphatic carbocycles. The lowest BCUT2D eigenvalue weighted by atomic mass is 9.82. The van der Waals surface area contributed by atoms with Gasteiger partial charge in [-0.3, -0.25) is 4.90 Å². The molecule has 3 fully saturated rings. The quantitative estimate of drug-likeness (QED) is 0.683. The maximum atomic E-state index is 11.8. The number of aldehydes is 1. The van der Waals surface area contributed by atoms with Crippen molar-refractivity contribution >= 4 is 6.29 Å². The minimum Gasteiger partial charge on any atom is -0.303 e. The zero-order valence-electron chi connectivity index (χ0n) is 13.7. The van der Waals surface area contributed by atoms with E-state index in [1.54, 1.807) is 0 Å². The van der Waals surface area contributed by atoms with Crippen molar-refractivity contribution in [2.24, 2.45) is 5.41 Å². The molecule has 0 atom stereocenters. The van der Waals surface area contributed by atoms with Crippen molar-refractivity contribution in [3.8, 4) is 0 Å². The van der Waals surface area contributed by atoms with Crippen LogP contribution in [0.1, 0.15) is 89.9 Å². The van der Waals surface area contributed by atoms with Gasteiger partial charge >= 0.3 is 0 Å². The highest BCUT2D eigenvalue weighted by molar-refractivity contribution is 5.60. The molecule has 0 N–H and O–H groups in total. The molecular weight excluding hydrogens is 258 g/mol. The first-order valence-corrected chi connectivity index (χ1v) is 9.55. The van der Waals surface area contributed by atoms with Crippen LogP contribution in [0.5, 0.6) is 0 Å². The van der Waals surface area contributed by atoms with Gasteiger partial charge in [0.25, 0.3) is 0 Å². The lowest BCUT2D eigenvalue weighted by molar-refractivity contribution is -0.118. The van der Waals surface area contributed by atoms with Crippen LogP contribution in [0, 0.1) is 5.41 Å². The highest BCUT2D eigenvalue weighted by atomic mass is 16.1. The van der Waals surface area contributed by atoms with Gasteiger partial charge in [0.15, 0.2) is 0 Å². The monoisotopic (exact) mass is 291 g/mol. The summed E-state index contributed by atoms with van der Waals surface area (Å²) in [5.74, 6) is 0. The second kappa shape index (κ2) is 7.26. The molecule has 0 aromatic heterocycles. The van der Waals surface area contributed by atoms with E-state index in [2.05, 4.69) is 4.90 Å². The summed E-state index contributed by atoms with van der Waals surface area (Å²) in [7, 11) is 0. The number of carbonyl (C=O) groups is 1. The third kappa shape index (κ3) is 3.70. The zero-order valence-corrected chi connectivity index (χ0v) is 13.7. The molecular formula is C19H33NO. The van der Waals surface area contributed by atoms with E-state index in [0.717, 1.165) is 31.5 Å². The molecule has 0 saturated heterocycles. The summed E-state index contributed by atoms with van der Waals surface area (Å²) >= 11 is 0. The Kier molecular flexibility index (Phi) is 5.37. The molecule has 0 aliphatic heterocycles. The van der Waals surface area contributed by atoms with Crippen molar-refractivity contribution in [1.29, 1.82) is 0 Å². The molecule has 0 heterocycles. The molecule has 0 amide bonds. The smallest absolute Gasteiger partial charge is 0.127 e. The minimum absolute atomic E-state index is 0.00882. The number of rotatable bonds is 5. The van der Waals surface area contributed by atoms with E-state index in [0.29, 0.717) is 0 Å². The average molecular weight is 291 g/mol. The molecule has 21 heavy (non-hydrogen) atoms. The van der Waals surface area contributed by atoms with E-state index in [9.17, 15) is 4.79 Å². The molecule has 120 valence electrons. The van der Waals surface area contributed by atoms with Crippen LogP contribution in [-0.4, -0.2) is 29.8 Å². The maximum absolute atomic E-state index is 11.8. The van der Waals surface area contributed by atoms with E-state index < -0.39 is 0 Å². The first-order chi connectivity index (χ1) is 10.3. The van der Waals surface area contributed by atoms with Crippen molar-refractivity contribution in [2.45, 2.75) is 102 Å². The lowest BCUT2D eigenvalue weighted by Crippen LogP contribution is -2.50. The zero-order chi connectivity index (χ0) is 14.5. The second-order valence-electron chi connectivity index (χ2n) is 7.94. The van der Waals surface area contributed by atoms with Gasteiger partial charge < -0.3 is 4.79 Å². The normalized spacial score (nSPS) is 28.0. The Bertz CT molecular complexity index is 304. The Morgan fingerprint density at radius 1 is 0.762 bits per heavy atom. The van der Waals surface area contributed by atoms with Crippen molar-refractivity contribution in [3.05, 3.63) is 0 Å². The number of carbonyl (C=O) groups excluding carboxylic acids is 1. The predicted molar refractivity (Wildman–Crippen MR) is 87.4 cm³/mol. The van der Waals surface area contributed by atoms with Gasteiger partial charge in [-0.1, -0.05) is 51.4 Å². The topological polar surface area (TPSA) is 20.3 Å². The standard InChI is InChI=1S/C19H33NO/c21-16-19(13-7-8-14-19)15-20(17-9-3-1-4-10-17)18-11-5-2-6-12-18/h16-18H,1-15H2. The molecule has 3 rings (SSSR count). The van der Waals surface area contributed by atoms with Crippen LogP contribution < -0.4 is 0 Å². The van der Waals surface area contributed by atoms with Gasteiger partial charge in [0.05, 0.1) is 0 Å². The summed E-state index contributed by atoms with van der Waals surface area (Å²) < 4.78 is 0. The third-order valence-electron chi connectivity index (χ3n) is 6.43. The molecule has 2 nitrogen and oxygen atoms in total. The highest BCUT2D eigenvalue weighted by Gasteiger charge is 2.39. The fourth-order valence-electron chi connectivity index (χ4n) is 5.14. The minimum atomic E-state index is 0.00882. The fraction of sp³-hybridized carbons (Fsp3) is 0.947.